The smallest absolute Gasteiger partial charge is 0.423 e. The molecule has 4 heterocycles. The van der Waals surface area contributed by atoms with E-state index < -0.39 is 23.3 Å². The lowest BCUT2D eigenvalue weighted by Crippen LogP contribution is -2.48. The number of amides is 1. The minimum Gasteiger partial charge on any atom is -0.499 e. The number of rotatable bonds is 7. The topological polar surface area (TPSA) is 118 Å². The Labute approximate surface area is 233 Å². The van der Waals surface area contributed by atoms with Gasteiger partial charge >= 0.3 is 6.18 Å². The number of piperazine rings is 1. The second kappa shape index (κ2) is 11.7. The molecule has 3 aromatic rings. The van der Waals surface area contributed by atoms with Crippen molar-refractivity contribution in [2.24, 2.45) is 0 Å². The molecular formula is C28H26F3N7O3. The van der Waals surface area contributed by atoms with Gasteiger partial charge in [0.2, 0.25) is 5.91 Å². The van der Waals surface area contributed by atoms with E-state index in [0.717, 1.165) is 23.1 Å². The summed E-state index contributed by atoms with van der Waals surface area (Å²) in [7, 11) is 0. The van der Waals surface area contributed by atoms with Crippen molar-refractivity contribution in [1.82, 2.24) is 20.1 Å². The van der Waals surface area contributed by atoms with E-state index >= 15 is 0 Å². The van der Waals surface area contributed by atoms with Crippen molar-refractivity contribution in [2.75, 3.05) is 42.6 Å². The van der Waals surface area contributed by atoms with Crippen LogP contribution in [-0.2, 0) is 22.3 Å². The molecule has 13 heteroatoms. The number of ether oxygens (including phenoxy) is 1. The van der Waals surface area contributed by atoms with Crippen LogP contribution in [0.1, 0.15) is 34.7 Å². The molecule has 1 aromatic carbocycles. The number of H-pyrrole nitrogens is 1. The molecule has 10 nitrogen and oxygen atoms in total. The number of aromatic nitrogens is 3. The summed E-state index contributed by atoms with van der Waals surface area (Å²) in [4.78, 5) is 34.3. The number of hydrogen-bond donors (Lipinski definition) is 1. The highest BCUT2D eigenvalue weighted by atomic mass is 19.4. The Morgan fingerprint density at radius 2 is 1.93 bits per heavy atom. The standard InChI is InChI=1S/C28H26F3N7O3/c29-28(30,31)26-22(16-34-35-27(26)40)38-17-20-4-1-2-5-21(20)23(38)18-41-13-3-6-25(39)37-11-9-36(10-12-37)24-8-7-19(14-32)15-33-24/h1-5,7-8,13,15-16,23H,6,9-12,17-18H2,(H,35,40)/b13-3-/t23-/m0/s1. The molecule has 1 atom stereocenters. The number of nitriles is 1. The minimum absolute atomic E-state index is 0.00205. The zero-order chi connectivity index (χ0) is 29.0. The first-order chi connectivity index (χ1) is 19.8. The summed E-state index contributed by atoms with van der Waals surface area (Å²) in [5, 5.41) is 14.4. The van der Waals surface area contributed by atoms with Crippen LogP contribution in [0.25, 0.3) is 0 Å². The Balaban J connectivity index is 1.18. The Morgan fingerprint density at radius 3 is 2.63 bits per heavy atom. The average Bonchev–Trinajstić information content (AvgIpc) is 3.34. The van der Waals surface area contributed by atoms with Crippen LogP contribution in [0.2, 0.25) is 0 Å². The number of hydrogen-bond acceptors (Lipinski definition) is 8. The molecule has 1 N–H and O–H groups in total. The van der Waals surface area contributed by atoms with Crippen molar-refractivity contribution in [1.29, 1.82) is 5.26 Å². The number of nitrogens with one attached hydrogen (secondary N) is 1. The molecule has 0 radical (unpaired) electrons. The van der Waals surface area contributed by atoms with Crippen LogP contribution in [0.3, 0.4) is 0 Å². The van der Waals surface area contributed by atoms with E-state index in [1.54, 1.807) is 35.2 Å². The summed E-state index contributed by atoms with van der Waals surface area (Å²) in [5.41, 5.74) is -0.830. The summed E-state index contributed by atoms with van der Waals surface area (Å²) in [5.74, 6) is 0.680. The van der Waals surface area contributed by atoms with Crippen molar-refractivity contribution in [2.45, 2.75) is 25.2 Å². The monoisotopic (exact) mass is 565 g/mol. The number of carbonyl (C=O) groups is 1. The molecule has 0 saturated carbocycles. The van der Waals surface area contributed by atoms with Crippen molar-refractivity contribution in [3.05, 3.63) is 93.7 Å². The molecule has 2 aliphatic rings. The van der Waals surface area contributed by atoms with Crippen molar-refractivity contribution >= 4 is 17.4 Å². The zero-order valence-corrected chi connectivity index (χ0v) is 21.8. The number of fused-ring (bicyclic) bond motifs is 1. The highest BCUT2D eigenvalue weighted by Gasteiger charge is 2.42. The van der Waals surface area contributed by atoms with Crippen LogP contribution >= 0.6 is 0 Å². The van der Waals surface area contributed by atoms with E-state index in [4.69, 9.17) is 10.00 Å². The number of pyridine rings is 1. The lowest BCUT2D eigenvalue weighted by molar-refractivity contribution is -0.138. The molecule has 41 heavy (non-hydrogen) atoms. The van der Waals surface area contributed by atoms with E-state index in [-0.39, 0.29) is 31.2 Å². The predicted molar refractivity (Wildman–Crippen MR) is 143 cm³/mol. The fourth-order valence-corrected chi connectivity index (χ4v) is 5.10. The third-order valence-electron chi connectivity index (χ3n) is 7.13. The van der Waals surface area contributed by atoms with Gasteiger partial charge in [-0.15, -0.1) is 0 Å². The molecule has 1 saturated heterocycles. The highest BCUT2D eigenvalue weighted by molar-refractivity contribution is 5.78. The van der Waals surface area contributed by atoms with Crippen LogP contribution in [0.15, 0.2) is 65.9 Å². The Morgan fingerprint density at radius 1 is 1.15 bits per heavy atom. The van der Waals surface area contributed by atoms with Gasteiger partial charge in [0, 0.05) is 45.3 Å². The molecule has 5 rings (SSSR count). The molecular weight excluding hydrogens is 539 g/mol. The zero-order valence-electron chi connectivity index (χ0n) is 21.8. The van der Waals surface area contributed by atoms with Gasteiger partial charge < -0.3 is 19.4 Å². The maximum atomic E-state index is 13.8. The number of anilines is 2. The predicted octanol–water partition coefficient (Wildman–Crippen LogP) is 3.39. The van der Waals surface area contributed by atoms with Gasteiger partial charge in [0.15, 0.2) is 0 Å². The third kappa shape index (κ3) is 6.01. The third-order valence-corrected chi connectivity index (χ3v) is 7.13. The average molecular weight is 566 g/mol. The first kappa shape index (κ1) is 27.7. The Kier molecular flexibility index (Phi) is 7.91. The fraction of sp³-hybridized carbons (Fsp3) is 0.321. The van der Waals surface area contributed by atoms with E-state index in [1.807, 2.05) is 23.3 Å². The van der Waals surface area contributed by atoms with E-state index in [2.05, 4.69) is 15.0 Å². The number of alkyl halides is 3. The molecule has 0 aliphatic carbocycles. The quantitative estimate of drug-likeness (QED) is 0.434. The summed E-state index contributed by atoms with van der Waals surface area (Å²) in [6.45, 7) is 2.42. The number of nitrogens with zero attached hydrogens (tertiary/aromatic N) is 6. The van der Waals surface area contributed by atoms with Crippen LogP contribution in [0, 0.1) is 11.3 Å². The first-order valence-electron chi connectivity index (χ1n) is 12.9. The van der Waals surface area contributed by atoms with Crippen molar-refractivity contribution in [3.63, 3.8) is 0 Å². The summed E-state index contributed by atoms with van der Waals surface area (Å²) < 4.78 is 47.0. The maximum Gasteiger partial charge on any atom is 0.423 e. The normalized spacial score (nSPS) is 17.0. The van der Waals surface area contributed by atoms with Crippen molar-refractivity contribution < 1.29 is 22.7 Å². The fourth-order valence-electron chi connectivity index (χ4n) is 5.10. The number of halogens is 3. The van der Waals surface area contributed by atoms with E-state index in [1.165, 1.54) is 17.4 Å². The van der Waals surface area contributed by atoms with Gasteiger partial charge in [-0.25, -0.2) is 10.1 Å². The van der Waals surface area contributed by atoms with Crippen LogP contribution in [0.4, 0.5) is 24.7 Å². The van der Waals surface area contributed by atoms with Crippen LogP contribution in [-0.4, -0.2) is 58.8 Å². The van der Waals surface area contributed by atoms with Gasteiger partial charge in [-0.05, 0) is 29.3 Å². The Hall–Kier alpha value is -4.86. The molecule has 2 aliphatic heterocycles. The van der Waals surface area contributed by atoms with E-state index in [0.29, 0.717) is 31.7 Å². The molecule has 212 valence electrons. The lowest BCUT2D eigenvalue weighted by Gasteiger charge is -2.35. The van der Waals surface area contributed by atoms with Crippen molar-refractivity contribution in [3.8, 4) is 6.07 Å². The molecule has 1 fully saturated rings. The summed E-state index contributed by atoms with van der Waals surface area (Å²) in [6.07, 6.45) is 0.737. The highest BCUT2D eigenvalue weighted by Crippen LogP contribution is 2.42. The molecule has 2 aromatic heterocycles. The largest absolute Gasteiger partial charge is 0.499 e. The second-order valence-corrected chi connectivity index (χ2v) is 9.59. The Bertz CT molecular complexity index is 1520. The SMILES string of the molecule is N#Cc1ccc(N2CCN(C(=O)C/C=C\OC[C@H]3c4ccccc4CN3c3cn[nH]c(=O)c3C(F)(F)F)CC2)nc1. The number of carbonyl (C=O) groups excluding carboxylic acids is 1. The first-order valence-corrected chi connectivity index (χ1v) is 12.9. The number of benzene rings is 1. The van der Waals surface area contributed by atoms with Crippen LogP contribution in [0.5, 0.6) is 0 Å². The lowest BCUT2D eigenvalue weighted by atomic mass is 10.1. The minimum atomic E-state index is -4.86. The van der Waals surface area contributed by atoms with Crippen LogP contribution < -0.4 is 15.4 Å². The van der Waals surface area contributed by atoms with Gasteiger partial charge in [0.1, 0.15) is 24.1 Å². The van der Waals surface area contributed by atoms with Gasteiger partial charge in [-0.2, -0.15) is 23.5 Å². The van der Waals surface area contributed by atoms with Gasteiger partial charge in [0.05, 0.1) is 29.8 Å². The summed E-state index contributed by atoms with van der Waals surface area (Å²) >= 11 is 0. The maximum absolute atomic E-state index is 13.8. The van der Waals surface area contributed by atoms with E-state index in [9.17, 15) is 22.8 Å². The molecule has 0 bridgehead atoms. The number of aromatic amines is 1. The van der Waals surface area contributed by atoms with Gasteiger partial charge in [0.25, 0.3) is 5.56 Å². The van der Waals surface area contributed by atoms with Gasteiger partial charge in [-0.3, -0.25) is 9.59 Å². The van der Waals surface area contributed by atoms with Gasteiger partial charge in [-0.1, -0.05) is 24.3 Å². The molecule has 0 spiro atoms. The second-order valence-electron chi connectivity index (χ2n) is 9.59. The molecule has 0 unspecified atom stereocenters. The summed E-state index contributed by atoms with van der Waals surface area (Å²) in [6, 6.07) is 12.2. The molecule has 1 amide bonds.